The average Bonchev–Trinajstić information content (AvgIpc) is 2.99. The zero-order valence-electron chi connectivity index (χ0n) is 12.3. The minimum Gasteiger partial charge on any atom is -0.308 e. The molecule has 0 radical (unpaired) electrons. The number of hydrogen-bond donors (Lipinski definition) is 1. The van der Waals surface area contributed by atoms with E-state index in [0.29, 0.717) is 5.54 Å². The van der Waals surface area contributed by atoms with Crippen LogP contribution in [0.1, 0.15) is 65.2 Å². The molecule has 3 unspecified atom stereocenters. The first-order valence-corrected chi connectivity index (χ1v) is 8.25. The van der Waals surface area contributed by atoms with Gasteiger partial charge >= 0.3 is 0 Å². The first-order valence-electron chi connectivity index (χ1n) is 8.25. The molecule has 3 fully saturated rings. The third-order valence-corrected chi connectivity index (χ3v) is 5.94. The average molecular weight is 250 g/mol. The Kier molecular flexibility index (Phi) is 3.68. The Balaban J connectivity index is 1.75. The summed E-state index contributed by atoms with van der Waals surface area (Å²) in [5.74, 6) is 0.926. The van der Waals surface area contributed by atoms with Crippen LogP contribution in [0.2, 0.25) is 0 Å². The van der Waals surface area contributed by atoms with E-state index < -0.39 is 0 Å². The van der Waals surface area contributed by atoms with Gasteiger partial charge in [-0.15, -0.1) is 0 Å². The number of nitrogens with one attached hydrogen (secondary N) is 1. The molecule has 3 rings (SSSR count). The van der Waals surface area contributed by atoms with E-state index in [1.165, 1.54) is 64.5 Å². The van der Waals surface area contributed by atoms with Gasteiger partial charge in [-0.25, -0.2) is 0 Å². The summed E-state index contributed by atoms with van der Waals surface area (Å²) in [4.78, 5) is 2.92. The van der Waals surface area contributed by atoms with Gasteiger partial charge in [0.2, 0.25) is 0 Å². The number of rotatable bonds is 2. The van der Waals surface area contributed by atoms with E-state index in [0.717, 1.165) is 18.0 Å². The fourth-order valence-corrected chi connectivity index (χ4v) is 4.76. The van der Waals surface area contributed by atoms with Crippen molar-refractivity contribution in [3.05, 3.63) is 0 Å². The van der Waals surface area contributed by atoms with Gasteiger partial charge in [0.25, 0.3) is 0 Å². The third-order valence-electron chi connectivity index (χ3n) is 5.94. The second kappa shape index (κ2) is 5.13. The highest BCUT2D eigenvalue weighted by atomic mass is 15.3. The molecule has 2 heteroatoms. The summed E-state index contributed by atoms with van der Waals surface area (Å²) in [6, 6.07) is 1.68. The maximum absolute atomic E-state index is 3.92. The van der Waals surface area contributed by atoms with E-state index in [-0.39, 0.29) is 0 Å². The molecular weight excluding hydrogens is 220 g/mol. The van der Waals surface area contributed by atoms with Gasteiger partial charge in [0.05, 0.1) is 0 Å². The quantitative estimate of drug-likeness (QED) is 0.810. The van der Waals surface area contributed by atoms with Crippen LogP contribution < -0.4 is 5.32 Å². The summed E-state index contributed by atoms with van der Waals surface area (Å²) >= 11 is 0. The van der Waals surface area contributed by atoms with Crippen molar-refractivity contribution in [2.45, 2.75) is 82.8 Å². The molecule has 1 spiro atoms. The summed E-state index contributed by atoms with van der Waals surface area (Å²) in [7, 11) is 0. The van der Waals surface area contributed by atoms with Gasteiger partial charge in [-0.1, -0.05) is 33.1 Å². The number of nitrogens with zero attached hydrogens (tertiary/aromatic N) is 1. The van der Waals surface area contributed by atoms with Gasteiger partial charge < -0.3 is 5.32 Å². The lowest BCUT2D eigenvalue weighted by Crippen LogP contribution is -2.65. The minimum atomic E-state index is 0.494. The summed E-state index contributed by atoms with van der Waals surface area (Å²) in [5, 5.41) is 3.92. The van der Waals surface area contributed by atoms with E-state index in [1.54, 1.807) is 0 Å². The lowest BCUT2D eigenvalue weighted by atomic mass is 9.89. The minimum absolute atomic E-state index is 0.494. The molecule has 1 saturated heterocycles. The van der Waals surface area contributed by atoms with Crippen LogP contribution in [0.25, 0.3) is 0 Å². The molecule has 0 aromatic rings. The number of piperazine rings is 1. The zero-order chi connectivity index (χ0) is 12.6. The van der Waals surface area contributed by atoms with Crippen LogP contribution in [0.4, 0.5) is 0 Å². The van der Waals surface area contributed by atoms with Gasteiger partial charge in [-0.05, 0) is 38.0 Å². The molecule has 0 aromatic heterocycles. The molecule has 0 bridgehead atoms. The Morgan fingerprint density at radius 2 is 1.94 bits per heavy atom. The Morgan fingerprint density at radius 1 is 1.17 bits per heavy atom. The molecule has 2 saturated carbocycles. The van der Waals surface area contributed by atoms with Gasteiger partial charge in [0.1, 0.15) is 0 Å². The van der Waals surface area contributed by atoms with Crippen molar-refractivity contribution in [2.24, 2.45) is 5.92 Å². The van der Waals surface area contributed by atoms with Crippen LogP contribution in [0.5, 0.6) is 0 Å². The van der Waals surface area contributed by atoms with Gasteiger partial charge in [-0.3, -0.25) is 4.90 Å². The van der Waals surface area contributed by atoms with Crippen molar-refractivity contribution in [3.8, 4) is 0 Å². The Labute approximate surface area is 113 Å². The van der Waals surface area contributed by atoms with E-state index in [9.17, 15) is 0 Å². The Hall–Kier alpha value is -0.0800. The molecule has 2 aliphatic carbocycles. The Morgan fingerprint density at radius 3 is 2.56 bits per heavy atom. The summed E-state index contributed by atoms with van der Waals surface area (Å²) in [6.07, 6.45) is 11.4. The van der Waals surface area contributed by atoms with Crippen LogP contribution in [0.3, 0.4) is 0 Å². The van der Waals surface area contributed by atoms with Crippen LogP contribution in [-0.2, 0) is 0 Å². The fourth-order valence-electron chi connectivity index (χ4n) is 4.76. The molecule has 104 valence electrons. The van der Waals surface area contributed by atoms with Crippen molar-refractivity contribution in [1.29, 1.82) is 0 Å². The Bertz CT molecular complexity index is 283. The van der Waals surface area contributed by atoms with Crippen molar-refractivity contribution in [2.75, 3.05) is 13.1 Å². The standard InChI is InChI=1S/C16H30N2/c1-3-14-11-17-16(9-4-5-10-16)12-18(14)15-8-6-7-13(15)2/h13-15,17H,3-12H2,1-2H3. The maximum Gasteiger partial charge on any atom is 0.0309 e. The molecule has 3 aliphatic rings. The summed E-state index contributed by atoms with van der Waals surface area (Å²) in [5.41, 5.74) is 0.494. The normalized spacial score (nSPS) is 40.7. The van der Waals surface area contributed by atoms with Crippen LogP contribution in [0.15, 0.2) is 0 Å². The van der Waals surface area contributed by atoms with Crippen LogP contribution in [-0.4, -0.2) is 35.6 Å². The topological polar surface area (TPSA) is 15.3 Å². The van der Waals surface area contributed by atoms with Crippen LogP contribution >= 0.6 is 0 Å². The molecule has 3 atom stereocenters. The lowest BCUT2D eigenvalue weighted by Gasteiger charge is -2.49. The lowest BCUT2D eigenvalue weighted by molar-refractivity contribution is 0.0290. The molecule has 2 nitrogen and oxygen atoms in total. The first-order chi connectivity index (χ1) is 8.74. The van der Waals surface area contributed by atoms with Crippen LogP contribution in [0, 0.1) is 5.92 Å². The SMILES string of the molecule is CCC1CNC2(CCCC2)CN1C1CCCC1C. The highest BCUT2D eigenvalue weighted by Crippen LogP contribution is 2.38. The monoisotopic (exact) mass is 250 g/mol. The van der Waals surface area contributed by atoms with Gasteiger partial charge in [0, 0.05) is 30.7 Å². The summed E-state index contributed by atoms with van der Waals surface area (Å²) in [6.45, 7) is 7.42. The van der Waals surface area contributed by atoms with E-state index >= 15 is 0 Å². The maximum atomic E-state index is 3.92. The first kappa shape index (κ1) is 12.9. The molecule has 1 aliphatic heterocycles. The second-order valence-corrected chi connectivity index (χ2v) is 7.08. The summed E-state index contributed by atoms with van der Waals surface area (Å²) < 4.78 is 0. The van der Waals surface area contributed by atoms with Crippen molar-refractivity contribution in [1.82, 2.24) is 10.2 Å². The van der Waals surface area contributed by atoms with Gasteiger partial charge in [0.15, 0.2) is 0 Å². The van der Waals surface area contributed by atoms with E-state index in [1.807, 2.05) is 0 Å². The number of hydrogen-bond acceptors (Lipinski definition) is 2. The molecule has 18 heavy (non-hydrogen) atoms. The predicted octanol–water partition coefficient (Wildman–Crippen LogP) is 3.17. The second-order valence-electron chi connectivity index (χ2n) is 7.08. The predicted molar refractivity (Wildman–Crippen MR) is 76.8 cm³/mol. The largest absolute Gasteiger partial charge is 0.308 e. The molecule has 1 heterocycles. The molecule has 0 aromatic carbocycles. The molecule has 1 N–H and O–H groups in total. The van der Waals surface area contributed by atoms with E-state index in [2.05, 4.69) is 24.1 Å². The fraction of sp³-hybridized carbons (Fsp3) is 1.00. The zero-order valence-corrected chi connectivity index (χ0v) is 12.3. The van der Waals surface area contributed by atoms with Crippen molar-refractivity contribution in [3.63, 3.8) is 0 Å². The molecular formula is C16H30N2. The highest BCUT2D eigenvalue weighted by molar-refractivity contribution is 5.03. The van der Waals surface area contributed by atoms with Crippen molar-refractivity contribution < 1.29 is 0 Å². The molecule has 0 amide bonds. The van der Waals surface area contributed by atoms with Gasteiger partial charge in [-0.2, -0.15) is 0 Å². The highest BCUT2D eigenvalue weighted by Gasteiger charge is 2.44. The smallest absolute Gasteiger partial charge is 0.0309 e. The third kappa shape index (κ3) is 2.22. The van der Waals surface area contributed by atoms with E-state index in [4.69, 9.17) is 0 Å². The van der Waals surface area contributed by atoms with Crippen molar-refractivity contribution >= 4 is 0 Å².